The van der Waals surface area contributed by atoms with Gasteiger partial charge < -0.3 is 10.4 Å². The van der Waals surface area contributed by atoms with E-state index in [1.807, 2.05) is 0 Å². The SMILES string of the molecule is Cc1ccc(NC(=O)c2cc(Br)ccc2O)cc1F. The Kier molecular flexibility index (Phi) is 3.85. The zero-order valence-electron chi connectivity index (χ0n) is 10.1. The standard InChI is InChI=1S/C14H11BrFNO2/c1-8-2-4-10(7-12(8)16)17-14(19)11-6-9(15)3-5-13(11)18/h2-7,18H,1H3,(H,17,19). The predicted octanol–water partition coefficient (Wildman–Crippen LogP) is 3.85. The number of benzene rings is 2. The van der Waals surface area contributed by atoms with Crippen LogP contribution >= 0.6 is 15.9 Å². The molecule has 5 heteroatoms. The number of phenols is 1. The highest BCUT2D eigenvalue weighted by atomic mass is 79.9. The Morgan fingerprint density at radius 3 is 2.68 bits per heavy atom. The minimum Gasteiger partial charge on any atom is -0.507 e. The van der Waals surface area contributed by atoms with E-state index in [0.717, 1.165) is 0 Å². The van der Waals surface area contributed by atoms with E-state index in [2.05, 4.69) is 21.2 Å². The number of anilines is 1. The van der Waals surface area contributed by atoms with Gasteiger partial charge in [0.2, 0.25) is 0 Å². The van der Waals surface area contributed by atoms with Crippen LogP contribution in [0.25, 0.3) is 0 Å². The average molecular weight is 324 g/mol. The summed E-state index contributed by atoms with van der Waals surface area (Å²) in [5, 5.41) is 12.2. The van der Waals surface area contributed by atoms with E-state index in [-0.39, 0.29) is 11.3 Å². The van der Waals surface area contributed by atoms with Gasteiger partial charge in [-0.15, -0.1) is 0 Å². The van der Waals surface area contributed by atoms with Crippen molar-refractivity contribution in [3.8, 4) is 5.75 Å². The molecule has 2 N–H and O–H groups in total. The number of carbonyl (C=O) groups is 1. The molecular formula is C14H11BrFNO2. The van der Waals surface area contributed by atoms with Crippen molar-refractivity contribution in [2.24, 2.45) is 0 Å². The van der Waals surface area contributed by atoms with E-state index in [0.29, 0.717) is 15.7 Å². The van der Waals surface area contributed by atoms with Crippen molar-refractivity contribution in [1.82, 2.24) is 0 Å². The van der Waals surface area contributed by atoms with Crippen molar-refractivity contribution in [2.75, 3.05) is 5.32 Å². The van der Waals surface area contributed by atoms with Gasteiger partial charge in [-0.05, 0) is 42.8 Å². The molecule has 2 aromatic rings. The highest BCUT2D eigenvalue weighted by Crippen LogP contribution is 2.23. The molecule has 0 fully saturated rings. The van der Waals surface area contributed by atoms with Crippen LogP contribution in [0.5, 0.6) is 5.75 Å². The predicted molar refractivity (Wildman–Crippen MR) is 74.9 cm³/mol. The van der Waals surface area contributed by atoms with Crippen molar-refractivity contribution in [2.45, 2.75) is 6.92 Å². The zero-order valence-corrected chi connectivity index (χ0v) is 11.7. The Morgan fingerprint density at radius 1 is 1.26 bits per heavy atom. The Bertz CT molecular complexity index is 643. The topological polar surface area (TPSA) is 49.3 Å². The van der Waals surface area contributed by atoms with E-state index >= 15 is 0 Å². The third-order valence-electron chi connectivity index (χ3n) is 2.63. The summed E-state index contributed by atoms with van der Waals surface area (Å²) in [7, 11) is 0. The third-order valence-corrected chi connectivity index (χ3v) is 3.13. The van der Waals surface area contributed by atoms with Gasteiger partial charge in [-0.2, -0.15) is 0 Å². The Morgan fingerprint density at radius 2 is 2.00 bits per heavy atom. The van der Waals surface area contributed by atoms with E-state index < -0.39 is 11.7 Å². The van der Waals surface area contributed by atoms with E-state index in [1.54, 1.807) is 25.1 Å². The molecule has 0 saturated carbocycles. The summed E-state index contributed by atoms with van der Waals surface area (Å²) in [5.74, 6) is -1.02. The molecule has 1 amide bonds. The lowest BCUT2D eigenvalue weighted by Crippen LogP contribution is -2.12. The van der Waals surface area contributed by atoms with Crippen molar-refractivity contribution < 1.29 is 14.3 Å². The van der Waals surface area contributed by atoms with Crippen LogP contribution in [-0.4, -0.2) is 11.0 Å². The first-order chi connectivity index (χ1) is 8.97. The Labute approximate surface area is 118 Å². The number of amides is 1. The quantitative estimate of drug-likeness (QED) is 0.881. The maximum atomic E-state index is 13.4. The number of rotatable bonds is 2. The largest absolute Gasteiger partial charge is 0.507 e. The zero-order chi connectivity index (χ0) is 14.0. The van der Waals surface area contributed by atoms with Crippen molar-refractivity contribution in [3.05, 3.63) is 57.8 Å². The Hall–Kier alpha value is -1.88. The molecule has 2 rings (SSSR count). The number of hydrogen-bond acceptors (Lipinski definition) is 2. The molecule has 0 heterocycles. The van der Waals surface area contributed by atoms with Crippen molar-refractivity contribution in [1.29, 1.82) is 0 Å². The highest BCUT2D eigenvalue weighted by Gasteiger charge is 2.12. The molecule has 0 saturated heterocycles. The van der Waals surface area contributed by atoms with Crippen molar-refractivity contribution >= 4 is 27.5 Å². The van der Waals surface area contributed by atoms with Crippen LogP contribution in [0, 0.1) is 12.7 Å². The lowest BCUT2D eigenvalue weighted by Gasteiger charge is -2.08. The minimum absolute atomic E-state index is 0.121. The maximum Gasteiger partial charge on any atom is 0.259 e. The summed E-state index contributed by atoms with van der Waals surface area (Å²) in [5.41, 5.74) is 0.964. The second kappa shape index (κ2) is 5.40. The van der Waals surface area contributed by atoms with Gasteiger partial charge in [0.1, 0.15) is 11.6 Å². The number of phenolic OH excluding ortho intramolecular Hbond substituents is 1. The van der Waals surface area contributed by atoms with Gasteiger partial charge >= 0.3 is 0 Å². The fourth-order valence-electron chi connectivity index (χ4n) is 1.56. The monoisotopic (exact) mass is 323 g/mol. The first-order valence-corrected chi connectivity index (χ1v) is 6.32. The molecule has 2 aromatic carbocycles. The maximum absolute atomic E-state index is 13.4. The molecule has 19 heavy (non-hydrogen) atoms. The van der Waals surface area contributed by atoms with Gasteiger partial charge in [-0.3, -0.25) is 4.79 Å². The molecule has 0 aliphatic heterocycles. The van der Waals surface area contributed by atoms with Crippen LogP contribution in [0.15, 0.2) is 40.9 Å². The van der Waals surface area contributed by atoms with Gasteiger partial charge in [-0.25, -0.2) is 4.39 Å². The number of nitrogens with one attached hydrogen (secondary N) is 1. The summed E-state index contributed by atoms with van der Waals surface area (Å²) >= 11 is 3.22. The number of hydrogen-bond donors (Lipinski definition) is 2. The summed E-state index contributed by atoms with van der Waals surface area (Å²) in [4.78, 5) is 12.0. The molecule has 0 spiro atoms. The van der Waals surface area contributed by atoms with Gasteiger partial charge in [0.05, 0.1) is 5.56 Å². The first-order valence-electron chi connectivity index (χ1n) is 5.53. The summed E-state index contributed by atoms with van der Waals surface area (Å²) < 4.78 is 14.0. The van der Waals surface area contributed by atoms with Crippen LogP contribution in [0.4, 0.5) is 10.1 Å². The van der Waals surface area contributed by atoms with E-state index in [9.17, 15) is 14.3 Å². The number of halogens is 2. The number of aryl methyl sites for hydroxylation is 1. The van der Waals surface area contributed by atoms with Crippen LogP contribution in [-0.2, 0) is 0 Å². The molecule has 0 radical (unpaired) electrons. The fourth-order valence-corrected chi connectivity index (χ4v) is 1.92. The number of carbonyl (C=O) groups excluding carboxylic acids is 1. The molecule has 0 aliphatic rings. The Balaban J connectivity index is 2.25. The summed E-state index contributed by atoms with van der Waals surface area (Å²) in [6, 6.07) is 8.95. The molecule has 0 atom stereocenters. The van der Waals surface area contributed by atoms with Gasteiger partial charge in [0, 0.05) is 10.2 Å². The summed E-state index contributed by atoms with van der Waals surface area (Å²) in [6.07, 6.45) is 0. The second-order valence-electron chi connectivity index (χ2n) is 4.08. The van der Waals surface area contributed by atoms with Gasteiger partial charge in [0.25, 0.3) is 5.91 Å². The van der Waals surface area contributed by atoms with Crippen LogP contribution in [0.2, 0.25) is 0 Å². The summed E-state index contributed by atoms with van der Waals surface area (Å²) in [6.45, 7) is 1.64. The molecule has 0 bridgehead atoms. The molecule has 98 valence electrons. The van der Waals surface area contributed by atoms with Crippen LogP contribution in [0.1, 0.15) is 15.9 Å². The first kappa shape index (κ1) is 13.5. The van der Waals surface area contributed by atoms with Crippen molar-refractivity contribution in [3.63, 3.8) is 0 Å². The minimum atomic E-state index is -0.498. The van der Waals surface area contributed by atoms with Gasteiger partial charge in [-0.1, -0.05) is 22.0 Å². The highest BCUT2D eigenvalue weighted by molar-refractivity contribution is 9.10. The van der Waals surface area contributed by atoms with Crippen LogP contribution < -0.4 is 5.32 Å². The number of aromatic hydroxyl groups is 1. The lowest BCUT2D eigenvalue weighted by molar-refractivity contribution is 0.102. The van der Waals surface area contributed by atoms with E-state index in [4.69, 9.17) is 0 Å². The van der Waals surface area contributed by atoms with E-state index in [1.165, 1.54) is 18.2 Å². The molecule has 0 aliphatic carbocycles. The molecule has 0 aromatic heterocycles. The second-order valence-corrected chi connectivity index (χ2v) is 5.00. The average Bonchev–Trinajstić information content (AvgIpc) is 2.36. The lowest BCUT2D eigenvalue weighted by atomic mass is 10.1. The smallest absolute Gasteiger partial charge is 0.259 e. The van der Waals surface area contributed by atoms with Crippen LogP contribution in [0.3, 0.4) is 0 Å². The normalized spacial score (nSPS) is 10.3. The fraction of sp³-hybridized carbons (Fsp3) is 0.0714. The van der Waals surface area contributed by atoms with Gasteiger partial charge in [0.15, 0.2) is 0 Å². The third kappa shape index (κ3) is 3.12. The molecule has 3 nitrogen and oxygen atoms in total. The molecular weight excluding hydrogens is 313 g/mol. The molecule has 0 unspecified atom stereocenters.